The lowest BCUT2D eigenvalue weighted by Gasteiger charge is -2.18. The van der Waals surface area contributed by atoms with Crippen LogP contribution in [0.4, 0.5) is 0 Å². The van der Waals surface area contributed by atoms with E-state index >= 15 is 0 Å². The molecule has 76 heavy (non-hydrogen) atoms. The van der Waals surface area contributed by atoms with Gasteiger partial charge in [-0.05, 0) is 122 Å². The molecule has 0 rings (SSSR count). The van der Waals surface area contributed by atoms with E-state index in [1.807, 2.05) is 0 Å². The number of hydrogen-bond donors (Lipinski definition) is 0. The number of ether oxygens (including phenoxy) is 3. The van der Waals surface area contributed by atoms with Gasteiger partial charge in [0.2, 0.25) is 0 Å². The summed E-state index contributed by atoms with van der Waals surface area (Å²) in [6.45, 7) is 6.40. The first kappa shape index (κ1) is 72.1. The van der Waals surface area contributed by atoms with Crippen LogP contribution in [-0.2, 0) is 28.6 Å². The summed E-state index contributed by atoms with van der Waals surface area (Å²) in [4.78, 5) is 38.3. The summed E-state index contributed by atoms with van der Waals surface area (Å²) in [6, 6.07) is 0. The number of hydrogen-bond acceptors (Lipinski definition) is 6. The lowest BCUT2D eigenvalue weighted by Crippen LogP contribution is -2.30. The van der Waals surface area contributed by atoms with Crippen molar-refractivity contribution in [2.45, 2.75) is 303 Å². The maximum absolute atomic E-state index is 12.9. The Morgan fingerprint density at radius 2 is 0.513 bits per heavy atom. The van der Waals surface area contributed by atoms with E-state index in [-0.39, 0.29) is 31.1 Å². The Hall–Kier alpha value is -3.93. The third-order valence-electron chi connectivity index (χ3n) is 13.5. The predicted molar refractivity (Wildman–Crippen MR) is 330 cm³/mol. The van der Waals surface area contributed by atoms with Gasteiger partial charge >= 0.3 is 17.9 Å². The lowest BCUT2D eigenvalue weighted by molar-refractivity contribution is -0.167. The van der Waals surface area contributed by atoms with Gasteiger partial charge in [-0.3, -0.25) is 14.4 Å². The van der Waals surface area contributed by atoms with Crippen molar-refractivity contribution in [2.24, 2.45) is 0 Å². The Morgan fingerprint density at radius 1 is 0.276 bits per heavy atom. The normalized spacial score (nSPS) is 12.8. The molecule has 0 aromatic heterocycles. The minimum atomic E-state index is -0.788. The lowest BCUT2D eigenvalue weighted by atomic mass is 10.0. The van der Waals surface area contributed by atoms with E-state index in [9.17, 15) is 14.4 Å². The molecule has 6 heteroatoms. The second kappa shape index (κ2) is 63.6. The second-order valence-electron chi connectivity index (χ2n) is 20.9. The van der Waals surface area contributed by atoms with Gasteiger partial charge in [0.05, 0.1) is 0 Å². The first-order chi connectivity index (χ1) is 37.5. The van der Waals surface area contributed by atoms with Crippen molar-refractivity contribution >= 4 is 17.9 Å². The molecule has 0 amide bonds. The molecule has 0 fully saturated rings. The van der Waals surface area contributed by atoms with E-state index in [0.717, 1.165) is 116 Å². The van der Waals surface area contributed by atoms with E-state index in [2.05, 4.69) is 130 Å². The van der Waals surface area contributed by atoms with Gasteiger partial charge < -0.3 is 14.2 Å². The summed E-state index contributed by atoms with van der Waals surface area (Å²) < 4.78 is 16.9. The molecule has 0 N–H and O–H groups in total. The van der Waals surface area contributed by atoms with Crippen LogP contribution in [0.2, 0.25) is 0 Å². The van der Waals surface area contributed by atoms with Gasteiger partial charge in [-0.1, -0.05) is 265 Å². The quantitative estimate of drug-likeness (QED) is 0.0261. The number of allylic oxidation sites excluding steroid dienone is 18. The molecule has 0 radical (unpaired) electrons. The molecule has 0 aliphatic rings. The molecule has 0 heterocycles. The summed E-state index contributed by atoms with van der Waals surface area (Å²) >= 11 is 0. The van der Waals surface area contributed by atoms with Crippen LogP contribution < -0.4 is 0 Å². The molecular formula is C70H118O6. The van der Waals surface area contributed by atoms with Gasteiger partial charge in [-0.2, -0.15) is 0 Å². The van der Waals surface area contributed by atoms with Crippen LogP contribution in [0, 0.1) is 0 Å². The van der Waals surface area contributed by atoms with Gasteiger partial charge in [-0.15, -0.1) is 0 Å². The molecule has 0 aliphatic heterocycles. The maximum Gasteiger partial charge on any atom is 0.306 e. The first-order valence-electron chi connectivity index (χ1n) is 31.9. The number of unbranched alkanes of at least 4 members (excludes halogenated alkanes) is 28. The zero-order chi connectivity index (χ0) is 55.0. The highest BCUT2D eigenvalue weighted by Gasteiger charge is 2.19. The molecule has 0 saturated carbocycles. The monoisotopic (exact) mass is 1050 g/mol. The van der Waals surface area contributed by atoms with Crippen molar-refractivity contribution in [2.75, 3.05) is 13.2 Å². The van der Waals surface area contributed by atoms with E-state index < -0.39 is 6.10 Å². The average molecular weight is 1060 g/mol. The summed E-state index contributed by atoms with van der Waals surface area (Å²) in [7, 11) is 0. The topological polar surface area (TPSA) is 78.9 Å². The van der Waals surface area contributed by atoms with Crippen LogP contribution in [0.15, 0.2) is 109 Å². The molecule has 0 spiro atoms. The number of carbonyl (C=O) groups excluding carboxylic acids is 3. The van der Waals surface area contributed by atoms with Crippen LogP contribution in [0.5, 0.6) is 0 Å². The Balaban J connectivity index is 4.33. The third kappa shape index (κ3) is 60.9. The summed E-state index contributed by atoms with van der Waals surface area (Å²) in [6.07, 6.45) is 86.6. The summed E-state index contributed by atoms with van der Waals surface area (Å²) in [5, 5.41) is 0. The molecule has 1 unspecified atom stereocenters. The number of rotatable bonds is 57. The molecular weight excluding hydrogens is 937 g/mol. The largest absolute Gasteiger partial charge is 0.462 e. The molecule has 1 atom stereocenters. The SMILES string of the molecule is CC/C=C\C/C=C\C/C=C\C/C=C\CCCCCCCCCCCCC(=O)OCC(COC(=O)CCCCCCC/C=C\CCCCC)OC(=O)CCCCCCCCCCCC/C=C\C/C=C\C/C=C\C/C=C\CC. The van der Waals surface area contributed by atoms with Crippen molar-refractivity contribution in [1.29, 1.82) is 0 Å². The highest BCUT2D eigenvalue weighted by Crippen LogP contribution is 2.16. The molecule has 0 bridgehead atoms. The van der Waals surface area contributed by atoms with Crippen LogP contribution in [0.3, 0.4) is 0 Å². The van der Waals surface area contributed by atoms with Crippen molar-refractivity contribution in [1.82, 2.24) is 0 Å². The van der Waals surface area contributed by atoms with Crippen molar-refractivity contribution in [3.8, 4) is 0 Å². The van der Waals surface area contributed by atoms with Gasteiger partial charge in [-0.25, -0.2) is 0 Å². The number of carbonyl (C=O) groups is 3. The minimum Gasteiger partial charge on any atom is -0.462 e. The van der Waals surface area contributed by atoms with Crippen LogP contribution in [0.1, 0.15) is 297 Å². The Labute approximate surface area is 470 Å². The summed E-state index contributed by atoms with van der Waals surface area (Å²) in [5.74, 6) is -0.895. The highest BCUT2D eigenvalue weighted by molar-refractivity contribution is 5.71. The van der Waals surface area contributed by atoms with Crippen LogP contribution >= 0.6 is 0 Å². The molecule has 0 aromatic rings. The molecule has 434 valence electrons. The fourth-order valence-electron chi connectivity index (χ4n) is 8.77. The predicted octanol–water partition coefficient (Wildman–Crippen LogP) is 21.8. The van der Waals surface area contributed by atoms with Gasteiger partial charge in [0.25, 0.3) is 0 Å². The molecule has 0 aromatic carbocycles. The second-order valence-corrected chi connectivity index (χ2v) is 20.9. The zero-order valence-corrected chi connectivity index (χ0v) is 49.7. The van der Waals surface area contributed by atoms with E-state index in [4.69, 9.17) is 14.2 Å². The summed E-state index contributed by atoms with van der Waals surface area (Å²) in [5.41, 5.74) is 0. The number of esters is 3. The van der Waals surface area contributed by atoms with Crippen molar-refractivity contribution < 1.29 is 28.6 Å². The van der Waals surface area contributed by atoms with Gasteiger partial charge in [0.1, 0.15) is 13.2 Å². The fourth-order valence-corrected chi connectivity index (χ4v) is 8.77. The average Bonchev–Trinajstić information content (AvgIpc) is 3.42. The first-order valence-corrected chi connectivity index (χ1v) is 31.9. The molecule has 6 nitrogen and oxygen atoms in total. The molecule has 0 saturated heterocycles. The van der Waals surface area contributed by atoms with Crippen molar-refractivity contribution in [3.63, 3.8) is 0 Å². The third-order valence-corrected chi connectivity index (χ3v) is 13.5. The molecule has 0 aliphatic carbocycles. The highest BCUT2D eigenvalue weighted by atomic mass is 16.6. The maximum atomic E-state index is 12.9. The van der Waals surface area contributed by atoms with E-state index in [1.54, 1.807) is 0 Å². The van der Waals surface area contributed by atoms with Crippen LogP contribution in [0.25, 0.3) is 0 Å². The zero-order valence-electron chi connectivity index (χ0n) is 49.7. The standard InChI is InChI=1S/C70H118O6/c1-4-7-10-13-16-19-22-25-27-29-31-33-35-37-39-41-43-45-48-51-54-57-60-63-69(72)75-66-67(65-74-68(71)62-59-56-53-50-47-24-21-18-15-12-9-6-3)76-70(73)64-61-58-55-52-49-46-44-42-40-38-36-34-32-30-28-26-23-20-17-14-11-8-5-2/h7-8,10-11,16-21,25-28,31-34,67H,4-6,9,12-15,22-24,29-30,35-66H2,1-3H3/b10-7-,11-8-,19-16-,20-17-,21-18-,27-25-,28-26-,33-31-,34-32-. The Bertz CT molecular complexity index is 1540. The Kier molecular flexibility index (Phi) is 60.3. The smallest absolute Gasteiger partial charge is 0.306 e. The minimum absolute atomic E-state index is 0.0845. The van der Waals surface area contributed by atoms with Gasteiger partial charge in [0.15, 0.2) is 6.10 Å². The van der Waals surface area contributed by atoms with E-state index in [1.165, 1.54) is 141 Å². The van der Waals surface area contributed by atoms with Gasteiger partial charge in [0, 0.05) is 19.3 Å². The Morgan fingerprint density at radius 3 is 0.816 bits per heavy atom. The fraction of sp³-hybridized carbons (Fsp3) is 0.700. The van der Waals surface area contributed by atoms with E-state index in [0.29, 0.717) is 19.3 Å². The van der Waals surface area contributed by atoms with Crippen LogP contribution in [-0.4, -0.2) is 37.2 Å². The van der Waals surface area contributed by atoms with Crippen molar-refractivity contribution in [3.05, 3.63) is 109 Å².